The molecule has 0 saturated heterocycles. The lowest BCUT2D eigenvalue weighted by Crippen LogP contribution is -2.46. The van der Waals surface area contributed by atoms with Gasteiger partial charge in [-0.1, -0.05) is 17.7 Å². The van der Waals surface area contributed by atoms with Gasteiger partial charge in [0.1, 0.15) is 11.3 Å². The van der Waals surface area contributed by atoms with Crippen molar-refractivity contribution in [2.45, 2.75) is 44.2 Å². The molecule has 0 spiro atoms. The highest BCUT2D eigenvalue weighted by molar-refractivity contribution is 6.33. The van der Waals surface area contributed by atoms with E-state index in [2.05, 4.69) is 20.6 Å². The van der Waals surface area contributed by atoms with Crippen molar-refractivity contribution in [1.82, 2.24) is 19.9 Å². The van der Waals surface area contributed by atoms with Gasteiger partial charge < -0.3 is 16.4 Å². The molecule has 158 valence electrons. The number of hydrogen-bond donors (Lipinski definition) is 3. The molecule has 0 atom stereocenters. The summed E-state index contributed by atoms with van der Waals surface area (Å²) >= 11 is 6.09. The number of benzene rings is 1. The highest BCUT2D eigenvalue weighted by atomic mass is 35.5. The van der Waals surface area contributed by atoms with Gasteiger partial charge in [-0.25, -0.2) is 14.4 Å². The highest BCUT2D eigenvalue weighted by Gasteiger charge is 2.28. The Balaban J connectivity index is 1.54. The van der Waals surface area contributed by atoms with Gasteiger partial charge in [-0.15, -0.1) is 0 Å². The van der Waals surface area contributed by atoms with Crippen LogP contribution in [-0.4, -0.2) is 32.0 Å². The maximum absolute atomic E-state index is 14.1. The number of carbonyl (C=O) groups excluding carboxylic acids is 1. The van der Waals surface area contributed by atoms with E-state index >= 15 is 0 Å². The number of carbonyl (C=O) groups is 1. The summed E-state index contributed by atoms with van der Waals surface area (Å²) in [6.45, 7) is 2.05. The predicted octanol–water partition coefficient (Wildman–Crippen LogP) is 3.89. The van der Waals surface area contributed by atoms with Gasteiger partial charge in [0.05, 0.1) is 16.3 Å². The molecule has 2 heterocycles. The van der Waals surface area contributed by atoms with Crippen LogP contribution in [0.3, 0.4) is 0 Å². The Kier molecular flexibility index (Phi) is 5.38. The lowest BCUT2D eigenvalue weighted by Gasteiger charge is -2.34. The van der Waals surface area contributed by atoms with E-state index in [1.165, 1.54) is 18.3 Å². The van der Waals surface area contributed by atoms with Crippen molar-refractivity contribution in [2.75, 3.05) is 5.32 Å². The summed E-state index contributed by atoms with van der Waals surface area (Å²) in [5, 5.41) is 6.22. The van der Waals surface area contributed by atoms with Gasteiger partial charge in [-0.2, -0.15) is 0 Å². The third kappa shape index (κ3) is 4.11. The number of fused-ring (bicyclic) bond motifs is 1. The minimum atomic E-state index is -0.483. The van der Waals surface area contributed by atoms with Crippen LogP contribution in [0.15, 0.2) is 30.5 Å². The summed E-state index contributed by atoms with van der Waals surface area (Å²) in [6, 6.07) is 6.23. The zero-order valence-electron chi connectivity index (χ0n) is 16.9. The number of nitrogens with zero attached hydrogens (tertiary/aromatic N) is 3. The number of nitrogens with two attached hydrogens (primary N) is 1. The van der Waals surface area contributed by atoms with Crippen LogP contribution in [0, 0.1) is 5.82 Å². The molecule has 1 aliphatic rings. The van der Waals surface area contributed by atoms with Crippen molar-refractivity contribution in [1.29, 1.82) is 0 Å². The molecule has 4 N–H and O–H groups in total. The molecule has 3 aromatic rings. The van der Waals surface area contributed by atoms with E-state index in [-0.39, 0.29) is 28.2 Å². The van der Waals surface area contributed by atoms with Crippen molar-refractivity contribution >= 4 is 40.3 Å². The molecule has 1 fully saturated rings. The summed E-state index contributed by atoms with van der Waals surface area (Å²) in [4.78, 5) is 21.5. The number of amides is 1. The fourth-order valence-electron chi connectivity index (χ4n) is 3.73. The van der Waals surface area contributed by atoms with Crippen LogP contribution in [0.4, 0.5) is 16.0 Å². The van der Waals surface area contributed by atoms with Gasteiger partial charge in [-0.05, 0) is 50.8 Å². The van der Waals surface area contributed by atoms with E-state index in [1.807, 2.05) is 6.92 Å². The molecule has 0 unspecified atom stereocenters. The molecule has 7 nitrogen and oxygen atoms in total. The van der Waals surface area contributed by atoms with Gasteiger partial charge in [0.25, 0.3) is 5.91 Å². The summed E-state index contributed by atoms with van der Waals surface area (Å²) < 4.78 is 15.8. The zero-order chi connectivity index (χ0) is 21.5. The second kappa shape index (κ2) is 7.85. The molecular formula is C21H24ClFN6O. The Morgan fingerprint density at radius 3 is 2.80 bits per heavy atom. The number of imidazole rings is 1. The third-order valence-corrected chi connectivity index (χ3v) is 5.95. The molecule has 4 rings (SSSR count). The summed E-state index contributed by atoms with van der Waals surface area (Å²) in [5.41, 5.74) is 7.67. The van der Waals surface area contributed by atoms with E-state index in [0.717, 1.165) is 25.7 Å². The van der Waals surface area contributed by atoms with Crippen LogP contribution in [0.25, 0.3) is 11.2 Å². The SMILES string of the molecule is Cn1c(Nc2c(F)cccc2Cl)nc2cc(C(=O)NC3CCC(C)(N)CC3)cnc21. The van der Waals surface area contributed by atoms with Crippen LogP contribution in [0.2, 0.25) is 5.02 Å². The molecule has 9 heteroatoms. The first-order valence-electron chi connectivity index (χ1n) is 9.87. The van der Waals surface area contributed by atoms with Crippen LogP contribution in [-0.2, 0) is 7.05 Å². The van der Waals surface area contributed by atoms with Gasteiger partial charge in [-0.3, -0.25) is 9.36 Å². The Labute approximate surface area is 178 Å². The molecule has 0 bridgehead atoms. The third-order valence-electron chi connectivity index (χ3n) is 5.63. The number of para-hydroxylation sites is 1. The number of nitrogens with one attached hydrogen (secondary N) is 2. The Morgan fingerprint density at radius 1 is 1.37 bits per heavy atom. The fourth-order valence-corrected chi connectivity index (χ4v) is 3.94. The van der Waals surface area contributed by atoms with E-state index < -0.39 is 5.82 Å². The monoisotopic (exact) mass is 430 g/mol. The van der Waals surface area contributed by atoms with Crippen molar-refractivity contribution in [3.8, 4) is 0 Å². The number of hydrogen-bond acceptors (Lipinski definition) is 5. The smallest absolute Gasteiger partial charge is 0.253 e. The molecule has 0 radical (unpaired) electrons. The van der Waals surface area contributed by atoms with Crippen molar-refractivity contribution in [2.24, 2.45) is 12.8 Å². The number of anilines is 2. The van der Waals surface area contributed by atoms with Crippen LogP contribution in [0.5, 0.6) is 0 Å². The van der Waals surface area contributed by atoms with Gasteiger partial charge in [0.15, 0.2) is 5.65 Å². The first-order valence-corrected chi connectivity index (χ1v) is 10.2. The standard InChI is InChI=1S/C21H24ClFN6O/c1-21(24)8-6-13(7-9-21)26-19(30)12-10-16-18(25-11-12)29(2)20(27-16)28-17-14(22)4-3-5-15(17)23/h3-5,10-11,13H,6-9,24H2,1-2H3,(H,26,30)(H,27,28). The van der Waals surface area contributed by atoms with Crippen molar-refractivity contribution in [3.05, 3.63) is 46.9 Å². The molecule has 1 aromatic carbocycles. The Morgan fingerprint density at radius 2 is 2.10 bits per heavy atom. The predicted molar refractivity (Wildman–Crippen MR) is 116 cm³/mol. The molecule has 2 aromatic heterocycles. The molecule has 30 heavy (non-hydrogen) atoms. The van der Waals surface area contributed by atoms with Gasteiger partial charge in [0.2, 0.25) is 5.95 Å². The number of pyridine rings is 1. The minimum Gasteiger partial charge on any atom is -0.349 e. The van der Waals surface area contributed by atoms with Crippen LogP contribution >= 0.6 is 11.6 Å². The quantitative estimate of drug-likeness (QED) is 0.583. The van der Waals surface area contributed by atoms with E-state index in [1.54, 1.807) is 23.7 Å². The number of halogens is 2. The number of aryl methyl sites for hydroxylation is 1. The normalized spacial score (nSPS) is 21.6. The molecular weight excluding hydrogens is 407 g/mol. The van der Waals surface area contributed by atoms with E-state index in [4.69, 9.17) is 17.3 Å². The molecule has 1 aliphatic carbocycles. The second-order valence-corrected chi connectivity index (χ2v) is 8.59. The molecule has 0 aliphatic heterocycles. The minimum absolute atomic E-state index is 0.106. The summed E-state index contributed by atoms with van der Waals surface area (Å²) in [5.74, 6) is -0.299. The zero-order valence-corrected chi connectivity index (χ0v) is 17.6. The van der Waals surface area contributed by atoms with Crippen molar-refractivity contribution in [3.63, 3.8) is 0 Å². The largest absolute Gasteiger partial charge is 0.349 e. The van der Waals surface area contributed by atoms with Crippen LogP contribution in [0.1, 0.15) is 43.0 Å². The maximum Gasteiger partial charge on any atom is 0.253 e. The lowest BCUT2D eigenvalue weighted by atomic mass is 9.81. The highest BCUT2D eigenvalue weighted by Crippen LogP contribution is 2.29. The Bertz CT molecular complexity index is 1080. The lowest BCUT2D eigenvalue weighted by molar-refractivity contribution is 0.0919. The Hall–Kier alpha value is -2.71. The van der Waals surface area contributed by atoms with Crippen LogP contribution < -0.4 is 16.4 Å². The second-order valence-electron chi connectivity index (χ2n) is 8.18. The average Bonchev–Trinajstić information content (AvgIpc) is 3.01. The number of aromatic nitrogens is 3. The molecule has 1 amide bonds. The maximum atomic E-state index is 14.1. The first-order chi connectivity index (χ1) is 14.2. The fraction of sp³-hybridized carbons (Fsp3) is 0.381. The summed E-state index contributed by atoms with van der Waals surface area (Å²) in [6.07, 6.45) is 4.99. The first kappa shape index (κ1) is 20.6. The average molecular weight is 431 g/mol. The van der Waals surface area contributed by atoms with Gasteiger partial charge >= 0.3 is 0 Å². The topological polar surface area (TPSA) is 97.9 Å². The molecule has 1 saturated carbocycles. The van der Waals surface area contributed by atoms with Crippen molar-refractivity contribution < 1.29 is 9.18 Å². The van der Waals surface area contributed by atoms with Gasteiger partial charge in [0, 0.05) is 24.8 Å². The number of rotatable bonds is 4. The summed E-state index contributed by atoms with van der Waals surface area (Å²) in [7, 11) is 1.75. The van der Waals surface area contributed by atoms with E-state index in [9.17, 15) is 9.18 Å². The van der Waals surface area contributed by atoms with E-state index in [0.29, 0.717) is 22.7 Å².